The molecule has 2 aromatic rings. The van der Waals surface area contributed by atoms with E-state index in [0.29, 0.717) is 6.04 Å². The number of alkyl halides is 1. The molecule has 1 aromatic carbocycles. The van der Waals surface area contributed by atoms with Gasteiger partial charge in [-0.1, -0.05) is 12.1 Å². The van der Waals surface area contributed by atoms with Crippen LogP contribution in [0, 0.1) is 6.92 Å². The fraction of sp³-hybridized carbons (Fsp3) is 0.562. The standard InChI is InChI=1S/C16H22ClN3/c1-11-6-4-8-14-15(11)18-16(12(2)17)20(14)10-13-7-5-9-19(13)3/h4,6,8,12-13H,5,7,9-10H2,1-3H3. The molecule has 108 valence electrons. The predicted octanol–water partition coefficient (Wildman–Crippen LogP) is 3.74. The summed E-state index contributed by atoms with van der Waals surface area (Å²) in [5.41, 5.74) is 3.53. The van der Waals surface area contributed by atoms with Crippen molar-refractivity contribution in [2.75, 3.05) is 13.6 Å². The normalized spacial score (nSPS) is 21.7. The molecule has 1 saturated heterocycles. The summed E-state index contributed by atoms with van der Waals surface area (Å²) in [4.78, 5) is 7.24. The van der Waals surface area contributed by atoms with Gasteiger partial charge in [0.1, 0.15) is 5.82 Å². The van der Waals surface area contributed by atoms with Crippen molar-refractivity contribution in [1.29, 1.82) is 0 Å². The van der Waals surface area contributed by atoms with Crippen LogP contribution in [-0.4, -0.2) is 34.1 Å². The molecule has 0 bridgehead atoms. The predicted molar refractivity (Wildman–Crippen MR) is 84.4 cm³/mol. The molecule has 0 saturated carbocycles. The topological polar surface area (TPSA) is 21.1 Å². The molecular formula is C16H22ClN3. The number of hydrogen-bond acceptors (Lipinski definition) is 2. The maximum atomic E-state index is 6.36. The lowest BCUT2D eigenvalue weighted by molar-refractivity contribution is 0.282. The first-order valence-corrected chi connectivity index (χ1v) is 7.81. The van der Waals surface area contributed by atoms with Gasteiger partial charge >= 0.3 is 0 Å². The molecular weight excluding hydrogens is 270 g/mol. The molecule has 0 spiro atoms. The SMILES string of the molecule is Cc1cccc2c1nc(C(C)Cl)n2CC1CCCN1C. The van der Waals surface area contributed by atoms with E-state index in [2.05, 4.69) is 41.6 Å². The summed E-state index contributed by atoms with van der Waals surface area (Å²) in [5, 5.41) is -0.0616. The molecule has 2 heterocycles. The van der Waals surface area contributed by atoms with E-state index in [1.54, 1.807) is 0 Å². The second-order valence-corrected chi connectivity index (χ2v) is 6.57. The van der Waals surface area contributed by atoms with Gasteiger partial charge in [0.05, 0.1) is 16.4 Å². The molecule has 0 aliphatic carbocycles. The van der Waals surface area contributed by atoms with Crippen LogP contribution in [0.5, 0.6) is 0 Å². The third kappa shape index (κ3) is 2.33. The number of benzene rings is 1. The molecule has 1 aliphatic heterocycles. The van der Waals surface area contributed by atoms with Gasteiger partial charge in [0.2, 0.25) is 0 Å². The van der Waals surface area contributed by atoms with Crippen molar-refractivity contribution < 1.29 is 0 Å². The number of halogens is 1. The third-order valence-electron chi connectivity index (χ3n) is 4.43. The van der Waals surface area contributed by atoms with Crippen molar-refractivity contribution in [3.63, 3.8) is 0 Å². The summed E-state index contributed by atoms with van der Waals surface area (Å²) in [6.07, 6.45) is 2.55. The van der Waals surface area contributed by atoms with Crippen LogP contribution < -0.4 is 0 Å². The van der Waals surface area contributed by atoms with E-state index in [0.717, 1.165) is 17.9 Å². The number of aryl methyl sites for hydroxylation is 1. The van der Waals surface area contributed by atoms with Crippen LogP contribution in [0.15, 0.2) is 18.2 Å². The second kappa shape index (κ2) is 5.38. The lowest BCUT2D eigenvalue weighted by atomic mass is 10.2. The smallest absolute Gasteiger partial charge is 0.127 e. The Bertz CT molecular complexity index is 617. The second-order valence-electron chi connectivity index (χ2n) is 5.92. The number of likely N-dealkylation sites (tertiary alicyclic amines) is 1. The number of nitrogens with zero attached hydrogens (tertiary/aromatic N) is 3. The number of rotatable bonds is 3. The van der Waals surface area contributed by atoms with Crippen LogP contribution in [0.4, 0.5) is 0 Å². The highest BCUT2D eigenvalue weighted by molar-refractivity contribution is 6.20. The zero-order valence-electron chi connectivity index (χ0n) is 12.4. The highest BCUT2D eigenvalue weighted by Crippen LogP contribution is 2.28. The third-order valence-corrected chi connectivity index (χ3v) is 4.63. The minimum atomic E-state index is -0.0616. The minimum Gasteiger partial charge on any atom is -0.325 e. The highest BCUT2D eigenvalue weighted by Gasteiger charge is 2.24. The Hall–Kier alpha value is -1.06. The Morgan fingerprint density at radius 3 is 2.90 bits per heavy atom. The Morgan fingerprint density at radius 2 is 2.25 bits per heavy atom. The van der Waals surface area contributed by atoms with Gasteiger partial charge in [-0.25, -0.2) is 4.98 Å². The lowest BCUT2D eigenvalue weighted by Gasteiger charge is -2.22. The Labute approximate surface area is 125 Å². The number of aromatic nitrogens is 2. The quantitative estimate of drug-likeness (QED) is 0.803. The average Bonchev–Trinajstić information content (AvgIpc) is 2.96. The van der Waals surface area contributed by atoms with E-state index in [4.69, 9.17) is 16.6 Å². The van der Waals surface area contributed by atoms with Crippen LogP contribution in [0.1, 0.15) is 36.5 Å². The van der Waals surface area contributed by atoms with E-state index < -0.39 is 0 Å². The Morgan fingerprint density at radius 1 is 1.45 bits per heavy atom. The molecule has 3 nitrogen and oxygen atoms in total. The van der Waals surface area contributed by atoms with E-state index in [-0.39, 0.29) is 5.38 Å². The maximum absolute atomic E-state index is 6.36. The molecule has 0 radical (unpaired) electrons. The van der Waals surface area contributed by atoms with Crippen molar-refractivity contribution in [2.45, 2.75) is 44.7 Å². The fourth-order valence-electron chi connectivity index (χ4n) is 3.22. The molecule has 1 aliphatic rings. The van der Waals surface area contributed by atoms with Crippen molar-refractivity contribution in [3.8, 4) is 0 Å². The first-order valence-electron chi connectivity index (χ1n) is 7.38. The molecule has 1 aromatic heterocycles. The average molecular weight is 292 g/mol. The summed E-state index contributed by atoms with van der Waals surface area (Å²) in [7, 11) is 2.21. The summed E-state index contributed by atoms with van der Waals surface area (Å²) < 4.78 is 2.33. The number of para-hydroxylation sites is 1. The molecule has 2 atom stereocenters. The number of fused-ring (bicyclic) bond motifs is 1. The van der Waals surface area contributed by atoms with Gasteiger partial charge in [0.15, 0.2) is 0 Å². The number of likely N-dealkylation sites (N-methyl/N-ethyl adjacent to an activating group) is 1. The van der Waals surface area contributed by atoms with Gasteiger partial charge in [-0.05, 0) is 51.9 Å². The van der Waals surface area contributed by atoms with Crippen LogP contribution >= 0.6 is 11.6 Å². The fourth-order valence-corrected chi connectivity index (χ4v) is 3.39. The lowest BCUT2D eigenvalue weighted by Crippen LogP contribution is -2.30. The molecule has 0 N–H and O–H groups in total. The molecule has 3 rings (SSSR count). The van der Waals surface area contributed by atoms with Crippen molar-refractivity contribution >= 4 is 22.6 Å². The number of hydrogen-bond donors (Lipinski definition) is 0. The summed E-state index contributed by atoms with van der Waals surface area (Å²) >= 11 is 6.36. The largest absolute Gasteiger partial charge is 0.325 e. The maximum Gasteiger partial charge on any atom is 0.127 e. The van der Waals surface area contributed by atoms with Crippen molar-refractivity contribution in [3.05, 3.63) is 29.6 Å². The molecule has 2 unspecified atom stereocenters. The van der Waals surface area contributed by atoms with Crippen LogP contribution in [0.25, 0.3) is 11.0 Å². The van der Waals surface area contributed by atoms with Gasteiger partial charge < -0.3 is 9.47 Å². The van der Waals surface area contributed by atoms with E-state index >= 15 is 0 Å². The van der Waals surface area contributed by atoms with Crippen molar-refractivity contribution in [1.82, 2.24) is 14.5 Å². The van der Waals surface area contributed by atoms with Crippen LogP contribution in [0.2, 0.25) is 0 Å². The van der Waals surface area contributed by atoms with Gasteiger partial charge in [0.25, 0.3) is 0 Å². The van der Waals surface area contributed by atoms with Gasteiger partial charge in [0, 0.05) is 12.6 Å². The zero-order valence-corrected chi connectivity index (χ0v) is 13.2. The van der Waals surface area contributed by atoms with Crippen LogP contribution in [0.3, 0.4) is 0 Å². The zero-order chi connectivity index (χ0) is 14.3. The molecule has 20 heavy (non-hydrogen) atoms. The van der Waals surface area contributed by atoms with E-state index in [1.165, 1.54) is 30.5 Å². The number of imidazole rings is 1. The van der Waals surface area contributed by atoms with Gasteiger partial charge in [-0.2, -0.15) is 0 Å². The minimum absolute atomic E-state index is 0.0616. The summed E-state index contributed by atoms with van der Waals surface area (Å²) in [5.74, 6) is 0.997. The summed E-state index contributed by atoms with van der Waals surface area (Å²) in [6.45, 7) is 6.31. The van der Waals surface area contributed by atoms with Gasteiger partial charge in [-0.15, -0.1) is 11.6 Å². The van der Waals surface area contributed by atoms with Crippen molar-refractivity contribution in [2.24, 2.45) is 0 Å². The van der Waals surface area contributed by atoms with Gasteiger partial charge in [-0.3, -0.25) is 0 Å². The summed E-state index contributed by atoms with van der Waals surface area (Å²) in [6, 6.07) is 6.98. The highest BCUT2D eigenvalue weighted by atomic mass is 35.5. The Kier molecular flexibility index (Phi) is 3.74. The first kappa shape index (κ1) is 13.9. The molecule has 4 heteroatoms. The van der Waals surface area contributed by atoms with Crippen LogP contribution in [-0.2, 0) is 6.54 Å². The monoisotopic (exact) mass is 291 g/mol. The first-order chi connectivity index (χ1) is 9.58. The van der Waals surface area contributed by atoms with E-state index in [1.807, 2.05) is 6.92 Å². The van der Waals surface area contributed by atoms with E-state index in [9.17, 15) is 0 Å². The molecule has 0 amide bonds. The molecule has 1 fully saturated rings. The Balaban J connectivity index is 2.07.